The Hall–Kier alpha value is -3.11. The Labute approximate surface area is 171 Å². The minimum absolute atomic E-state index is 0.208. The topological polar surface area (TPSA) is 84.2 Å². The highest BCUT2D eigenvalue weighted by molar-refractivity contribution is 9.10. The lowest BCUT2D eigenvalue weighted by Crippen LogP contribution is -2.20. The first-order valence-electron chi connectivity index (χ1n) is 8.67. The maximum Gasteiger partial charge on any atom is 0.262 e. The van der Waals surface area contributed by atoms with Crippen molar-refractivity contribution in [2.75, 3.05) is 18.5 Å². The highest BCUT2D eigenvalue weighted by Gasteiger charge is 2.15. The van der Waals surface area contributed by atoms with Gasteiger partial charge in [-0.1, -0.05) is 6.07 Å². The predicted octanol–water partition coefficient (Wildman–Crippen LogP) is 4.59. The van der Waals surface area contributed by atoms with Crippen molar-refractivity contribution in [2.45, 2.75) is 13.8 Å². The van der Waals surface area contributed by atoms with E-state index >= 15 is 0 Å². The molecule has 0 aliphatic rings. The van der Waals surface area contributed by atoms with Crippen molar-refractivity contribution < 1.29 is 14.3 Å². The minimum atomic E-state index is -0.312. The zero-order valence-electron chi connectivity index (χ0n) is 15.5. The number of aryl methyl sites for hydroxylation is 1. The molecule has 3 aromatic rings. The first-order chi connectivity index (χ1) is 13.5. The number of rotatable bonds is 6. The Morgan fingerprint density at radius 2 is 2.11 bits per heavy atom. The number of hydrogen-bond donors (Lipinski definition) is 1. The quantitative estimate of drug-likeness (QED) is 0.606. The van der Waals surface area contributed by atoms with Gasteiger partial charge in [-0.05, 0) is 59.6 Å². The fraction of sp³-hybridized carbons (Fsp3) is 0.190. The maximum atomic E-state index is 12.5. The number of nitrogens with one attached hydrogen (secondary N) is 1. The molecule has 0 saturated heterocycles. The number of benzene rings is 2. The largest absolute Gasteiger partial charge is 0.490 e. The summed E-state index contributed by atoms with van der Waals surface area (Å²) in [4.78, 5) is 16.8. The van der Waals surface area contributed by atoms with Crippen molar-refractivity contribution in [3.8, 4) is 17.6 Å². The number of pyridine rings is 1. The molecule has 7 heteroatoms. The number of halogens is 1. The van der Waals surface area contributed by atoms with Crippen LogP contribution in [-0.2, 0) is 4.79 Å². The maximum absolute atomic E-state index is 12.5. The SMILES string of the molecule is CCOc1cc(C#N)cc(Br)c1OCC(=O)Nc1ccc(C)c2ncccc12. The molecular weight excluding hydrogens is 422 g/mol. The van der Waals surface area contributed by atoms with Gasteiger partial charge >= 0.3 is 0 Å². The molecule has 1 amide bonds. The molecule has 0 spiro atoms. The van der Waals surface area contributed by atoms with Crippen molar-refractivity contribution in [3.05, 3.63) is 58.2 Å². The molecule has 0 fully saturated rings. The summed E-state index contributed by atoms with van der Waals surface area (Å²) in [6.45, 7) is 4.01. The summed E-state index contributed by atoms with van der Waals surface area (Å²) in [5.41, 5.74) is 2.99. The van der Waals surface area contributed by atoms with Gasteiger partial charge < -0.3 is 14.8 Å². The Bertz CT molecular complexity index is 1080. The smallest absolute Gasteiger partial charge is 0.262 e. The molecule has 0 atom stereocenters. The summed E-state index contributed by atoms with van der Waals surface area (Å²) >= 11 is 3.37. The third kappa shape index (κ3) is 4.24. The molecule has 1 heterocycles. The normalized spacial score (nSPS) is 10.4. The van der Waals surface area contributed by atoms with Crippen molar-refractivity contribution >= 4 is 38.4 Å². The number of carbonyl (C=O) groups is 1. The van der Waals surface area contributed by atoms with Crippen LogP contribution in [0, 0.1) is 18.3 Å². The van der Waals surface area contributed by atoms with Gasteiger partial charge in [-0.2, -0.15) is 5.26 Å². The lowest BCUT2D eigenvalue weighted by Gasteiger charge is -2.14. The average molecular weight is 440 g/mol. The molecule has 1 aromatic heterocycles. The second-order valence-corrected chi connectivity index (χ2v) is 6.85. The minimum Gasteiger partial charge on any atom is -0.490 e. The van der Waals surface area contributed by atoms with Gasteiger partial charge in [-0.3, -0.25) is 9.78 Å². The molecule has 0 unspecified atom stereocenters. The van der Waals surface area contributed by atoms with Crippen LogP contribution in [0.1, 0.15) is 18.1 Å². The molecule has 142 valence electrons. The van der Waals surface area contributed by atoms with Gasteiger partial charge in [-0.15, -0.1) is 0 Å². The molecule has 0 aliphatic carbocycles. The van der Waals surface area contributed by atoms with Crippen LogP contribution in [0.2, 0.25) is 0 Å². The second-order valence-electron chi connectivity index (χ2n) is 6.00. The summed E-state index contributed by atoms with van der Waals surface area (Å²) in [7, 11) is 0. The molecule has 6 nitrogen and oxygen atoms in total. The molecule has 28 heavy (non-hydrogen) atoms. The van der Waals surface area contributed by atoms with Crippen LogP contribution < -0.4 is 14.8 Å². The summed E-state index contributed by atoms with van der Waals surface area (Å²) in [5, 5.41) is 12.8. The number of amides is 1. The van der Waals surface area contributed by atoms with Crippen LogP contribution in [-0.4, -0.2) is 24.1 Å². The highest BCUT2D eigenvalue weighted by Crippen LogP contribution is 2.36. The van der Waals surface area contributed by atoms with Gasteiger partial charge in [0, 0.05) is 17.6 Å². The molecule has 2 aromatic carbocycles. The molecule has 1 N–H and O–H groups in total. The summed E-state index contributed by atoms with van der Waals surface area (Å²) < 4.78 is 11.8. The van der Waals surface area contributed by atoms with Crippen molar-refractivity contribution in [3.63, 3.8) is 0 Å². The van der Waals surface area contributed by atoms with Crippen molar-refractivity contribution in [1.82, 2.24) is 4.98 Å². The second kappa shape index (κ2) is 8.72. The van der Waals surface area contributed by atoms with Crippen molar-refractivity contribution in [1.29, 1.82) is 5.26 Å². The van der Waals surface area contributed by atoms with E-state index < -0.39 is 0 Å². The molecule has 0 bridgehead atoms. The number of ether oxygens (including phenoxy) is 2. The van der Waals surface area contributed by atoms with Gasteiger partial charge in [0.25, 0.3) is 5.91 Å². The van der Waals surface area contributed by atoms with E-state index in [1.165, 1.54) is 0 Å². The number of aromatic nitrogens is 1. The number of anilines is 1. The van der Waals surface area contributed by atoms with Crippen LogP contribution in [0.4, 0.5) is 5.69 Å². The summed E-state index contributed by atoms with van der Waals surface area (Å²) in [5.74, 6) is 0.477. The van der Waals surface area contributed by atoms with E-state index in [1.54, 1.807) is 18.3 Å². The first-order valence-corrected chi connectivity index (χ1v) is 9.46. The third-order valence-electron chi connectivity index (χ3n) is 4.03. The number of fused-ring (bicyclic) bond motifs is 1. The monoisotopic (exact) mass is 439 g/mol. The fourth-order valence-electron chi connectivity index (χ4n) is 2.78. The van der Waals surface area contributed by atoms with Crippen LogP contribution >= 0.6 is 15.9 Å². The van der Waals surface area contributed by atoms with Gasteiger partial charge in [0.15, 0.2) is 18.1 Å². The predicted molar refractivity (Wildman–Crippen MR) is 111 cm³/mol. The Morgan fingerprint density at radius 1 is 1.29 bits per heavy atom. The molecule has 3 rings (SSSR count). The lowest BCUT2D eigenvalue weighted by molar-refractivity contribution is -0.118. The third-order valence-corrected chi connectivity index (χ3v) is 4.62. The number of hydrogen-bond acceptors (Lipinski definition) is 5. The van der Waals surface area contributed by atoms with E-state index in [0.717, 1.165) is 16.5 Å². The molecular formula is C21H18BrN3O3. The average Bonchev–Trinajstić information content (AvgIpc) is 2.69. The zero-order valence-corrected chi connectivity index (χ0v) is 17.0. The van der Waals surface area contributed by atoms with Crippen LogP contribution in [0.3, 0.4) is 0 Å². The van der Waals surface area contributed by atoms with E-state index in [1.807, 2.05) is 38.1 Å². The van der Waals surface area contributed by atoms with Crippen LogP contribution in [0.5, 0.6) is 11.5 Å². The van der Waals surface area contributed by atoms with Gasteiger partial charge in [-0.25, -0.2) is 0 Å². The highest BCUT2D eigenvalue weighted by atomic mass is 79.9. The van der Waals surface area contributed by atoms with Gasteiger partial charge in [0.2, 0.25) is 0 Å². The zero-order chi connectivity index (χ0) is 20.1. The van der Waals surface area contributed by atoms with Gasteiger partial charge in [0.05, 0.1) is 33.9 Å². The standard InChI is InChI=1S/C21H18BrN3O3/c1-3-27-18-10-14(11-23)9-16(22)21(18)28-12-19(26)25-17-7-6-13(2)20-15(17)5-4-8-24-20/h4-10H,3,12H2,1-2H3,(H,25,26). The Balaban J connectivity index is 1.77. The fourth-order valence-corrected chi connectivity index (χ4v) is 3.34. The van der Waals surface area contributed by atoms with Crippen molar-refractivity contribution in [2.24, 2.45) is 0 Å². The number of nitriles is 1. The number of carbonyl (C=O) groups excluding carboxylic acids is 1. The van der Waals surface area contributed by atoms with E-state index in [-0.39, 0.29) is 12.5 Å². The van der Waals surface area contributed by atoms with Crippen LogP contribution in [0.15, 0.2) is 47.1 Å². The number of nitrogens with zero attached hydrogens (tertiary/aromatic N) is 2. The first kappa shape index (κ1) is 19.6. The molecule has 0 radical (unpaired) electrons. The van der Waals surface area contributed by atoms with E-state index in [4.69, 9.17) is 14.7 Å². The Morgan fingerprint density at radius 3 is 2.86 bits per heavy atom. The van der Waals surface area contributed by atoms with Crippen LogP contribution in [0.25, 0.3) is 10.9 Å². The van der Waals surface area contributed by atoms with Gasteiger partial charge in [0.1, 0.15) is 0 Å². The van der Waals surface area contributed by atoms with E-state index in [0.29, 0.717) is 33.8 Å². The lowest BCUT2D eigenvalue weighted by atomic mass is 10.1. The van der Waals surface area contributed by atoms with E-state index in [9.17, 15) is 4.79 Å². The summed E-state index contributed by atoms with van der Waals surface area (Å²) in [6.07, 6.45) is 1.72. The van der Waals surface area contributed by atoms with E-state index in [2.05, 4.69) is 32.3 Å². The molecule has 0 saturated carbocycles. The summed E-state index contributed by atoms with van der Waals surface area (Å²) in [6, 6.07) is 12.8. The molecule has 0 aliphatic heterocycles. The Kier molecular flexibility index (Phi) is 6.12.